The minimum Gasteiger partial charge on any atom is -0.490 e. The highest BCUT2D eigenvalue weighted by molar-refractivity contribution is 9.10. The molecule has 1 unspecified atom stereocenters. The van der Waals surface area contributed by atoms with Crippen molar-refractivity contribution in [2.24, 2.45) is 0 Å². The summed E-state index contributed by atoms with van der Waals surface area (Å²) in [6.07, 6.45) is 2.71. The van der Waals surface area contributed by atoms with E-state index >= 15 is 0 Å². The molecule has 0 spiro atoms. The molecule has 0 N–H and O–H groups in total. The Morgan fingerprint density at radius 2 is 2.09 bits per heavy atom. The molecule has 0 amide bonds. The lowest BCUT2D eigenvalue weighted by Crippen LogP contribution is -2.09. The number of benzene rings is 2. The van der Waals surface area contributed by atoms with Gasteiger partial charge in [-0.3, -0.25) is 0 Å². The van der Waals surface area contributed by atoms with Crippen LogP contribution in [0.25, 0.3) is 11.6 Å². The predicted molar refractivity (Wildman–Crippen MR) is 94.4 cm³/mol. The summed E-state index contributed by atoms with van der Waals surface area (Å²) >= 11 is 3.48. The van der Waals surface area contributed by atoms with Crippen molar-refractivity contribution in [2.75, 3.05) is 0 Å². The van der Waals surface area contributed by atoms with Gasteiger partial charge in [0.2, 0.25) is 0 Å². The van der Waals surface area contributed by atoms with Gasteiger partial charge in [0.15, 0.2) is 0 Å². The van der Waals surface area contributed by atoms with Crippen molar-refractivity contribution in [3.05, 3.63) is 63.9 Å². The van der Waals surface area contributed by atoms with Crippen LogP contribution in [0.4, 0.5) is 4.39 Å². The molecule has 0 aliphatic rings. The van der Waals surface area contributed by atoms with Gasteiger partial charge in [0.25, 0.3) is 0 Å². The molecule has 2 aromatic carbocycles. The Labute approximate surface area is 144 Å². The fraction of sp³-hybridized carbons (Fsp3) is 0.211. The van der Waals surface area contributed by atoms with Gasteiger partial charge in [-0.25, -0.2) is 4.39 Å². The monoisotopic (exact) mass is 373 g/mol. The number of hydrogen-bond acceptors (Lipinski definition) is 2. The SMILES string of the molecule is CCC(C)Oc1ccc(C=C(C#N)c2ccccc2F)cc1Br. The van der Waals surface area contributed by atoms with E-state index in [1.165, 1.54) is 6.07 Å². The smallest absolute Gasteiger partial charge is 0.133 e. The Bertz CT molecular complexity index is 764. The van der Waals surface area contributed by atoms with E-state index in [1.54, 1.807) is 24.3 Å². The van der Waals surface area contributed by atoms with Crippen molar-refractivity contribution < 1.29 is 9.13 Å². The van der Waals surface area contributed by atoms with Crippen LogP contribution in [-0.4, -0.2) is 6.10 Å². The first-order valence-corrected chi connectivity index (χ1v) is 8.17. The third-order valence-electron chi connectivity index (χ3n) is 3.45. The first-order valence-electron chi connectivity index (χ1n) is 7.38. The minimum atomic E-state index is -0.406. The van der Waals surface area contributed by atoms with Crippen LogP contribution in [0.15, 0.2) is 46.9 Å². The molecule has 2 nitrogen and oxygen atoms in total. The standard InChI is InChI=1S/C19H17BrFNO/c1-3-13(2)23-19-9-8-14(11-17(19)20)10-15(12-22)16-6-4-5-7-18(16)21/h4-11,13H,3H2,1-2H3. The van der Waals surface area contributed by atoms with Gasteiger partial charge in [0.1, 0.15) is 11.6 Å². The van der Waals surface area contributed by atoms with Crippen molar-refractivity contribution in [1.82, 2.24) is 0 Å². The maximum atomic E-state index is 13.8. The van der Waals surface area contributed by atoms with Gasteiger partial charge in [0, 0.05) is 5.56 Å². The van der Waals surface area contributed by atoms with E-state index in [4.69, 9.17) is 4.74 Å². The van der Waals surface area contributed by atoms with Crippen molar-refractivity contribution in [1.29, 1.82) is 5.26 Å². The van der Waals surface area contributed by atoms with Gasteiger partial charge in [0.05, 0.1) is 22.2 Å². The van der Waals surface area contributed by atoms with E-state index in [-0.39, 0.29) is 11.7 Å². The summed E-state index contributed by atoms with van der Waals surface area (Å²) in [6, 6.07) is 13.9. The summed E-state index contributed by atoms with van der Waals surface area (Å²) in [5.41, 5.74) is 1.38. The summed E-state index contributed by atoms with van der Waals surface area (Å²) in [5.74, 6) is 0.344. The second-order valence-electron chi connectivity index (χ2n) is 5.18. The summed E-state index contributed by atoms with van der Waals surface area (Å²) in [6.45, 7) is 4.06. The lowest BCUT2D eigenvalue weighted by Gasteiger charge is -2.14. The number of hydrogen-bond donors (Lipinski definition) is 0. The average Bonchev–Trinajstić information content (AvgIpc) is 2.55. The molecular formula is C19H17BrFNO. The largest absolute Gasteiger partial charge is 0.490 e. The maximum Gasteiger partial charge on any atom is 0.133 e. The van der Waals surface area contributed by atoms with Crippen molar-refractivity contribution in [3.8, 4) is 11.8 Å². The van der Waals surface area contributed by atoms with E-state index in [0.29, 0.717) is 5.56 Å². The molecular weight excluding hydrogens is 357 g/mol. The fourth-order valence-electron chi connectivity index (χ4n) is 2.02. The second-order valence-corrected chi connectivity index (χ2v) is 6.03. The molecule has 0 radical (unpaired) electrons. The molecule has 0 aromatic heterocycles. The number of allylic oxidation sites excluding steroid dienone is 1. The van der Waals surface area contributed by atoms with Gasteiger partial charge < -0.3 is 4.74 Å². The van der Waals surface area contributed by atoms with E-state index < -0.39 is 5.82 Å². The summed E-state index contributed by atoms with van der Waals surface area (Å²) in [7, 11) is 0. The zero-order chi connectivity index (χ0) is 16.8. The molecule has 0 fully saturated rings. The zero-order valence-corrected chi connectivity index (χ0v) is 14.6. The zero-order valence-electron chi connectivity index (χ0n) is 13.0. The van der Waals surface area contributed by atoms with Crippen LogP contribution in [-0.2, 0) is 0 Å². The highest BCUT2D eigenvalue weighted by atomic mass is 79.9. The Morgan fingerprint density at radius 1 is 1.35 bits per heavy atom. The van der Waals surface area contributed by atoms with Crippen LogP contribution in [0.5, 0.6) is 5.75 Å². The Kier molecular flexibility index (Phi) is 5.95. The molecule has 118 valence electrons. The van der Waals surface area contributed by atoms with E-state index in [1.807, 2.05) is 25.1 Å². The van der Waals surface area contributed by atoms with E-state index in [9.17, 15) is 9.65 Å². The minimum absolute atomic E-state index is 0.126. The quantitative estimate of drug-likeness (QED) is 0.487. The Morgan fingerprint density at radius 3 is 2.70 bits per heavy atom. The highest BCUT2D eigenvalue weighted by Crippen LogP contribution is 2.29. The Hall–Kier alpha value is -2.12. The normalized spacial score (nSPS) is 12.6. The summed E-state index contributed by atoms with van der Waals surface area (Å²) in [5, 5.41) is 9.32. The molecule has 0 saturated heterocycles. The molecule has 2 rings (SSSR count). The number of rotatable bonds is 5. The predicted octanol–water partition coefficient (Wildman–Crippen LogP) is 5.83. The number of nitrogens with zero attached hydrogens (tertiary/aromatic N) is 1. The molecule has 23 heavy (non-hydrogen) atoms. The second kappa shape index (κ2) is 7.94. The molecule has 4 heteroatoms. The maximum absolute atomic E-state index is 13.8. The van der Waals surface area contributed by atoms with Crippen LogP contribution < -0.4 is 4.74 Å². The number of nitriles is 1. The lowest BCUT2D eigenvalue weighted by molar-refractivity contribution is 0.216. The van der Waals surface area contributed by atoms with Gasteiger partial charge >= 0.3 is 0 Å². The molecule has 0 heterocycles. The van der Waals surface area contributed by atoms with E-state index in [2.05, 4.69) is 28.9 Å². The molecule has 0 aliphatic heterocycles. The topological polar surface area (TPSA) is 33.0 Å². The van der Waals surface area contributed by atoms with Crippen molar-refractivity contribution >= 4 is 27.6 Å². The van der Waals surface area contributed by atoms with Crippen LogP contribution >= 0.6 is 15.9 Å². The Balaban J connectivity index is 2.33. The van der Waals surface area contributed by atoms with Gasteiger partial charge in [-0.15, -0.1) is 0 Å². The third kappa shape index (κ3) is 4.43. The first-order chi connectivity index (χ1) is 11.0. The third-order valence-corrected chi connectivity index (χ3v) is 4.07. The van der Waals surface area contributed by atoms with Crippen molar-refractivity contribution in [3.63, 3.8) is 0 Å². The van der Waals surface area contributed by atoms with Gasteiger partial charge in [-0.2, -0.15) is 5.26 Å². The molecule has 0 bridgehead atoms. The number of ether oxygens (including phenoxy) is 1. The van der Waals surface area contributed by atoms with Gasteiger partial charge in [-0.05, 0) is 59.1 Å². The molecule has 2 aromatic rings. The first kappa shape index (κ1) is 17.2. The van der Waals surface area contributed by atoms with Crippen LogP contribution in [0.2, 0.25) is 0 Å². The molecule has 1 atom stereocenters. The highest BCUT2D eigenvalue weighted by Gasteiger charge is 2.09. The van der Waals surface area contributed by atoms with Crippen LogP contribution in [0.1, 0.15) is 31.4 Å². The number of halogens is 2. The fourth-order valence-corrected chi connectivity index (χ4v) is 2.51. The molecule has 0 aliphatic carbocycles. The lowest BCUT2D eigenvalue weighted by atomic mass is 10.0. The van der Waals surface area contributed by atoms with E-state index in [0.717, 1.165) is 22.2 Å². The average molecular weight is 374 g/mol. The molecule has 0 saturated carbocycles. The van der Waals surface area contributed by atoms with Crippen LogP contribution in [0.3, 0.4) is 0 Å². The van der Waals surface area contributed by atoms with Crippen LogP contribution in [0, 0.1) is 17.1 Å². The van der Waals surface area contributed by atoms with Gasteiger partial charge in [-0.1, -0.05) is 31.2 Å². The summed E-state index contributed by atoms with van der Waals surface area (Å²) in [4.78, 5) is 0. The summed E-state index contributed by atoms with van der Waals surface area (Å²) < 4.78 is 20.4. The van der Waals surface area contributed by atoms with Crippen molar-refractivity contribution in [2.45, 2.75) is 26.4 Å².